The number of aromatic nitrogens is 6. The lowest BCUT2D eigenvalue weighted by molar-refractivity contribution is -0.0244. The first-order valence-electron chi connectivity index (χ1n) is 18.3. The van der Waals surface area contributed by atoms with E-state index in [1.165, 1.54) is 6.33 Å². The average Bonchev–Trinajstić information content (AvgIpc) is 3.76. The number of hydrogen-bond acceptors (Lipinski definition) is 11. The van der Waals surface area contributed by atoms with E-state index in [9.17, 15) is 0 Å². The third-order valence-corrected chi connectivity index (χ3v) is 21.1. The number of nitrogen functional groups attached to an aromatic ring is 1. The lowest BCUT2D eigenvalue weighted by Gasteiger charge is -2.44. The summed E-state index contributed by atoms with van der Waals surface area (Å²) in [5, 5.41) is 5.08. The maximum Gasteiger partial charge on any atom is 0.192 e. The number of aryl methyl sites for hydroxylation is 1. The van der Waals surface area contributed by atoms with Crippen molar-refractivity contribution >= 4 is 45.1 Å². The molecule has 0 bridgehead atoms. The molecular formula is C40H53N7O4SSi2. The maximum absolute atomic E-state index is 7.43. The molecule has 5 aromatic rings. The summed E-state index contributed by atoms with van der Waals surface area (Å²) >= 11 is 1.78. The number of benzene rings is 1. The molecule has 0 aliphatic carbocycles. The maximum atomic E-state index is 7.43. The van der Waals surface area contributed by atoms with Crippen LogP contribution in [0.15, 0.2) is 66.2 Å². The van der Waals surface area contributed by atoms with Gasteiger partial charge in [-0.1, -0.05) is 58.5 Å². The lowest BCUT2D eigenvalue weighted by atomic mass is 10.1. The quantitative estimate of drug-likeness (QED) is 0.0827. The molecule has 0 spiro atoms. The van der Waals surface area contributed by atoms with Gasteiger partial charge < -0.3 is 28.4 Å². The highest BCUT2D eigenvalue weighted by atomic mass is 32.2. The number of fused-ring (bicyclic) bond motifs is 1. The van der Waals surface area contributed by atoms with Crippen molar-refractivity contribution in [1.82, 2.24) is 29.7 Å². The molecule has 14 heteroatoms. The minimum atomic E-state index is -2.36. The van der Waals surface area contributed by atoms with E-state index < -0.39 is 29.0 Å². The molecule has 1 aliphatic heterocycles. The van der Waals surface area contributed by atoms with E-state index >= 15 is 0 Å². The molecule has 4 atom stereocenters. The van der Waals surface area contributed by atoms with Crippen LogP contribution < -0.4 is 5.73 Å². The number of thioether (sulfide) groups is 1. The van der Waals surface area contributed by atoms with E-state index in [1.807, 2.05) is 37.4 Å². The number of anilines is 1. The first-order valence-corrected chi connectivity index (χ1v) is 25.3. The van der Waals surface area contributed by atoms with Crippen LogP contribution in [0.25, 0.3) is 22.4 Å². The van der Waals surface area contributed by atoms with Crippen molar-refractivity contribution < 1.29 is 18.1 Å². The molecule has 1 aromatic carbocycles. The summed E-state index contributed by atoms with van der Waals surface area (Å²) < 4.78 is 30.0. The van der Waals surface area contributed by atoms with Gasteiger partial charge in [0.25, 0.3) is 0 Å². The van der Waals surface area contributed by atoms with Crippen LogP contribution in [0.3, 0.4) is 0 Å². The molecule has 1 saturated heterocycles. The summed E-state index contributed by atoms with van der Waals surface area (Å²) in [7, 11) is -4.68. The Kier molecular flexibility index (Phi) is 11.3. The van der Waals surface area contributed by atoms with Gasteiger partial charge in [0.15, 0.2) is 28.6 Å². The van der Waals surface area contributed by atoms with Gasteiger partial charge in [0.05, 0.1) is 28.3 Å². The van der Waals surface area contributed by atoms with Crippen molar-refractivity contribution in [3.8, 4) is 23.2 Å². The number of nitrogens with two attached hydrogens (primary N) is 1. The zero-order chi connectivity index (χ0) is 39.1. The molecule has 54 heavy (non-hydrogen) atoms. The second kappa shape index (κ2) is 15.4. The monoisotopic (exact) mass is 783 g/mol. The Labute approximate surface area is 325 Å². The summed E-state index contributed by atoms with van der Waals surface area (Å²) in [5.74, 6) is 8.63. The summed E-state index contributed by atoms with van der Waals surface area (Å²) in [5.41, 5.74) is 11.8. The fraction of sp³-hybridized carbons (Fsp3) is 0.475. The summed E-state index contributed by atoms with van der Waals surface area (Å²) in [6.07, 6.45) is 8.70. The van der Waals surface area contributed by atoms with Gasteiger partial charge in [0, 0.05) is 53.1 Å². The Morgan fingerprint density at radius 1 is 0.870 bits per heavy atom. The molecule has 2 N–H and O–H groups in total. The Hall–Kier alpha value is -3.85. The van der Waals surface area contributed by atoms with Crippen LogP contribution in [0.4, 0.5) is 5.69 Å². The van der Waals surface area contributed by atoms with Crippen LogP contribution in [0, 0.1) is 18.8 Å². The molecular weight excluding hydrogens is 731 g/mol. The molecule has 4 aromatic heterocycles. The first-order chi connectivity index (χ1) is 25.4. The Morgan fingerprint density at radius 2 is 1.50 bits per heavy atom. The minimum Gasteiger partial charge on any atom is -0.408 e. The third-order valence-electron chi connectivity index (χ3n) is 11.1. The van der Waals surface area contributed by atoms with E-state index in [0.717, 1.165) is 39.2 Å². The van der Waals surface area contributed by atoms with Gasteiger partial charge in [-0.25, -0.2) is 19.9 Å². The zero-order valence-electron chi connectivity index (χ0n) is 33.3. The number of ether oxygens (including phenoxy) is 1. The molecule has 0 amide bonds. The number of hydrogen-bond donors (Lipinski definition) is 1. The van der Waals surface area contributed by atoms with E-state index in [2.05, 4.69) is 104 Å². The van der Waals surface area contributed by atoms with Gasteiger partial charge in [-0.15, -0.1) is 0 Å². The molecule has 286 valence electrons. The molecule has 0 radical (unpaired) electrons. The molecule has 0 saturated carbocycles. The Morgan fingerprint density at radius 3 is 2.15 bits per heavy atom. The second-order valence-electron chi connectivity index (χ2n) is 17.1. The first kappa shape index (κ1) is 39.8. The van der Waals surface area contributed by atoms with Gasteiger partial charge in [-0.05, 0) is 67.5 Å². The summed E-state index contributed by atoms with van der Waals surface area (Å²) in [4.78, 5) is 17.4. The van der Waals surface area contributed by atoms with Gasteiger partial charge in [0.1, 0.15) is 30.5 Å². The van der Waals surface area contributed by atoms with Crippen LogP contribution in [0.1, 0.15) is 70.2 Å². The van der Waals surface area contributed by atoms with Crippen molar-refractivity contribution in [1.29, 1.82) is 0 Å². The van der Waals surface area contributed by atoms with Crippen LogP contribution in [0.2, 0.25) is 36.3 Å². The smallest absolute Gasteiger partial charge is 0.192 e. The SMILES string of the molecule is Cc1noc(-c2ccc(N)cc2)c1CSC[C@H]1O[C@@H](n2cc(C#Cc3cncnc3)c3cncnc32)[C@H](O[Si](C)(C)C(C)(C)C)[C@@H]1O[Si](C)(C)C(C)(C)C. The van der Waals surface area contributed by atoms with E-state index in [0.29, 0.717) is 22.8 Å². The fourth-order valence-corrected chi connectivity index (χ4v) is 9.62. The molecule has 11 nitrogen and oxygen atoms in total. The highest BCUT2D eigenvalue weighted by Crippen LogP contribution is 2.47. The van der Waals surface area contributed by atoms with Crippen molar-refractivity contribution in [3.05, 3.63) is 84.1 Å². The van der Waals surface area contributed by atoms with Crippen molar-refractivity contribution in [3.63, 3.8) is 0 Å². The molecule has 0 unspecified atom stereocenters. The third kappa shape index (κ3) is 8.36. The normalized spacial score (nSPS) is 19.6. The number of rotatable bonds is 10. The summed E-state index contributed by atoms with van der Waals surface area (Å²) in [6, 6.07) is 7.70. The Balaban J connectivity index is 1.40. The van der Waals surface area contributed by atoms with E-state index in [-0.39, 0.29) is 22.3 Å². The van der Waals surface area contributed by atoms with Crippen molar-refractivity contribution in [2.45, 2.75) is 115 Å². The zero-order valence-corrected chi connectivity index (χ0v) is 36.1. The minimum absolute atomic E-state index is 0.0326. The van der Waals surface area contributed by atoms with E-state index in [1.54, 1.807) is 36.7 Å². The van der Waals surface area contributed by atoms with Crippen molar-refractivity contribution in [2.24, 2.45) is 0 Å². The molecule has 6 rings (SSSR count). The van der Waals surface area contributed by atoms with Crippen LogP contribution >= 0.6 is 11.8 Å². The summed E-state index contributed by atoms with van der Waals surface area (Å²) in [6.45, 7) is 24.8. The predicted molar refractivity (Wildman–Crippen MR) is 221 cm³/mol. The number of nitrogens with zero attached hydrogens (tertiary/aromatic N) is 6. The lowest BCUT2D eigenvalue weighted by Crippen LogP contribution is -2.53. The predicted octanol–water partition coefficient (Wildman–Crippen LogP) is 8.78. The van der Waals surface area contributed by atoms with Gasteiger partial charge >= 0.3 is 0 Å². The van der Waals surface area contributed by atoms with Gasteiger partial charge in [-0.3, -0.25) is 0 Å². The van der Waals surface area contributed by atoms with E-state index in [4.69, 9.17) is 28.8 Å². The molecule has 1 aliphatic rings. The standard InChI is InChI=1S/C40H53N7O4SSi2/c1-26-32(34(49-46-26)28-14-16-30(41)17-15-28)22-52-23-33-35(50-53(8,9)39(2,3)4)36(51-54(10,11)40(5,6)7)38(48-33)47-21-29(31-20-44-25-45-37(31)47)13-12-27-18-42-24-43-19-27/h14-21,24-25,33,35-36,38H,22-23,41H2,1-11H3/t33-,35-,36-,38-/m1/s1. The van der Waals surface area contributed by atoms with Gasteiger partial charge in [0.2, 0.25) is 0 Å². The fourth-order valence-electron chi connectivity index (χ4n) is 5.85. The van der Waals surface area contributed by atoms with Crippen LogP contribution in [-0.4, -0.2) is 70.4 Å². The molecule has 1 fully saturated rings. The van der Waals surface area contributed by atoms with Crippen LogP contribution in [0.5, 0.6) is 0 Å². The average molecular weight is 784 g/mol. The molecule has 5 heterocycles. The highest BCUT2D eigenvalue weighted by molar-refractivity contribution is 7.98. The van der Waals surface area contributed by atoms with Gasteiger partial charge in [-0.2, -0.15) is 11.8 Å². The largest absolute Gasteiger partial charge is 0.408 e. The van der Waals surface area contributed by atoms with Crippen LogP contribution in [-0.2, 0) is 19.3 Å². The second-order valence-corrected chi connectivity index (χ2v) is 27.6. The van der Waals surface area contributed by atoms with Crippen molar-refractivity contribution in [2.75, 3.05) is 11.5 Å². The topological polar surface area (TPSA) is 136 Å². The highest BCUT2D eigenvalue weighted by Gasteiger charge is 2.54. The Bertz CT molecular complexity index is 2130.